The molecule has 0 aromatic rings. The van der Waals surface area contributed by atoms with Gasteiger partial charge in [-0.1, -0.05) is 91.4 Å². The van der Waals surface area contributed by atoms with E-state index in [4.69, 9.17) is 9.84 Å². The van der Waals surface area contributed by atoms with Crippen molar-refractivity contribution in [1.82, 2.24) is 0 Å². The Morgan fingerprint density at radius 3 is 1.65 bits per heavy atom. The van der Waals surface area contributed by atoms with Crippen LogP contribution in [0.2, 0.25) is 0 Å². The number of carbonyl (C=O) groups is 2. The molecule has 0 amide bonds. The summed E-state index contributed by atoms with van der Waals surface area (Å²) in [4.78, 5) is 22.7. The molecule has 5 heteroatoms. The molecule has 0 saturated heterocycles. The number of aliphatic carboxylic acids is 1. The molecule has 1 N–H and O–H groups in total. The number of ether oxygens (including phenoxy) is 1. The van der Waals surface area contributed by atoms with Crippen molar-refractivity contribution in [3.63, 3.8) is 0 Å². The van der Waals surface area contributed by atoms with Crippen LogP contribution in [0.5, 0.6) is 0 Å². The second kappa shape index (κ2) is 24.4. The topological polar surface area (TPSA) is 63.6 Å². The highest BCUT2D eigenvalue weighted by molar-refractivity contribution is 5.75. The van der Waals surface area contributed by atoms with Crippen molar-refractivity contribution in [2.24, 2.45) is 5.92 Å². The van der Waals surface area contributed by atoms with E-state index >= 15 is 0 Å². The Morgan fingerprint density at radius 1 is 0.677 bits per heavy atom. The van der Waals surface area contributed by atoms with E-state index in [0.717, 1.165) is 57.8 Å². The summed E-state index contributed by atoms with van der Waals surface area (Å²) in [5.74, 6) is 0.0215. The van der Waals surface area contributed by atoms with Gasteiger partial charge in [0, 0.05) is 12.8 Å². The Balaban J connectivity index is 0. The number of rotatable bonds is 22. The van der Waals surface area contributed by atoms with Crippen LogP contribution in [0.15, 0.2) is 0 Å². The summed E-state index contributed by atoms with van der Waals surface area (Å²) in [5.41, 5.74) is 0. The first-order chi connectivity index (χ1) is 14.5. The fourth-order valence-electron chi connectivity index (χ4n) is 3.84. The van der Waals surface area contributed by atoms with Gasteiger partial charge < -0.3 is 9.84 Å². The van der Waals surface area contributed by atoms with Gasteiger partial charge in [0.15, 0.2) is 0 Å². The number of carboxylic acid groups (broad SMARTS) is 1. The standard InChI is InChI=1S/C26H50O4.Mg.2H/c1-4-5-6-13-19-24(30-26(29)22-17-16-18-23(2)3)20-14-11-9-7-8-10-12-15-21-25(27)28;;;/h23-24H,4-22H2,1-3H3,(H,27,28);;;. The molecule has 0 aliphatic carbocycles. The van der Waals surface area contributed by atoms with Crippen molar-refractivity contribution in [1.29, 1.82) is 0 Å². The van der Waals surface area contributed by atoms with E-state index in [0.29, 0.717) is 18.8 Å². The molecule has 0 heterocycles. The lowest BCUT2D eigenvalue weighted by Gasteiger charge is -2.18. The summed E-state index contributed by atoms with van der Waals surface area (Å²) in [6.07, 6.45) is 20.1. The lowest BCUT2D eigenvalue weighted by molar-refractivity contribution is -0.150. The molecule has 0 rings (SSSR count). The fourth-order valence-corrected chi connectivity index (χ4v) is 3.84. The monoisotopic (exact) mass is 452 g/mol. The molecular weight excluding hydrogens is 401 g/mol. The minimum atomic E-state index is -0.685. The minimum absolute atomic E-state index is 0. The van der Waals surface area contributed by atoms with E-state index in [9.17, 15) is 9.59 Å². The van der Waals surface area contributed by atoms with E-state index in [1.807, 2.05) is 0 Å². The van der Waals surface area contributed by atoms with Crippen LogP contribution in [0.25, 0.3) is 0 Å². The van der Waals surface area contributed by atoms with Crippen LogP contribution in [-0.4, -0.2) is 46.2 Å². The number of carboxylic acids is 1. The predicted octanol–water partition coefficient (Wildman–Crippen LogP) is 7.15. The van der Waals surface area contributed by atoms with Gasteiger partial charge in [0.05, 0.1) is 0 Å². The van der Waals surface area contributed by atoms with Crippen molar-refractivity contribution in [2.75, 3.05) is 0 Å². The summed E-state index contributed by atoms with van der Waals surface area (Å²) in [6.45, 7) is 6.68. The number of esters is 1. The summed E-state index contributed by atoms with van der Waals surface area (Å²) in [5, 5.41) is 8.64. The highest BCUT2D eigenvalue weighted by Crippen LogP contribution is 2.18. The maximum atomic E-state index is 12.2. The van der Waals surface area contributed by atoms with Crippen molar-refractivity contribution in [3.05, 3.63) is 0 Å². The van der Waals surface area contributed by atoms with E-state index in [1.165, 1.54) is 51.4 Å². The molecule has 0 radical (unpaired) electrons. The Bertz CT molecular complexity index is 412. The van der Waals surface area contributed by atoms with Gasteiger partial charge in [-0.3, -0.25) is 9.59 Å². The zero-order chi connectivity index (χ0) is 22.5. The molecule has 0 aromatic carbocycles. The van der Waals surface area contributed by atoms with Crippen LogP contribution in [0.4, 0.5) is 0 Å². The summed E-state index contributed by atoms with van der Waals surface area (Å²) >= 11 is 0. The molecule has 31 heavy (non-hydrogen) atoms. The normalized spacial score (nSPS) is 11.9. The van der Waals surface area contributed by atoms with Crippen LogP contribution in [-0.2, 0) is 14.3 Å². The third-order valence-electron chi connectivity index (χ3n) is 5.76. The van der Waals surface area contributed by atoms with Crippen LogP contribution in [0.1, 0.15) is 143 Å². The Labute approximate surface area is 208 Å². The van der Waals surface area contributed by atoms with Crippen LogP contribution >= 0.6 is 0 Å². The molecular formula is C26H52MgO4. The lowest BCUT2D eigenvalue weighted by Crippen LogP contribution is -2.18. The molecule has 1 unspecified atom stereocenters. The number of hydrogen-bond acceptors (Lipinski definition) is 3. The molecule has 1 atom stereocenters. The van der Waals surface area contributed by atoms with E-state index in [-0.39, 0.29) is 35.1 Å². The predicted molar refractivity (Wildman–Crippen MR) is 134 cm³/mol. The molecule has 182 valence electrons. The average molecular weight is 453 g/mol. The SMILES string of the molecule is CCCCCCC(CCCCCCCCCCC(=O)O)OC(=O)CCCCC(C)C.[MgH2]. The summed E-state index contributed by atoms with van der Waals surface area (Å²) < 4.78 is 5.84. The van der Waals surface area contributed by atoms with Gasteiger partial charge in [-0.25, -0.2) is 0 Å². The maximum absolute atomic E-state index is 12.2. The largest absolute Gasteiger partial charge is 0.481 e. The van der Waals surface area contributed by atoms with Gasteiger partial charge in [-0.2, -0.15) is 0 Å². The molecule has 0 spiro atoms. The second-order valence-electron chi connectivity index (χ2n) is 9.36. The molecule has 0 bridgehead atoms. The number of carbonyl (C=O) groups excluding carboxylic acids is 1. The Kier molecular flexibility index (Phi) is 25.8. The van der Waals surface area contributed by atoms with Gasteiger partial charge in [-0.15, -0.1) is 0 Å². The Morgan fingerprint density at radius 2 is 1.13 bits per heavy atom. The third-order valence-corrected chi connectivity index (χ3v) is 5.76. The first-order valence-electron chi connectivity index (χ1n) is 12.9. The van der Waals surface area contributed by atoms with Gasteiger partial charge in [0.1, 0.15) is 6.10 Å². The van der Waals surface area contributed by atoms with Crippen LogP contribution < -0.4 is 0 Å². The van der Waals surface area contributed by atoms with E-state index in [2.05, 4.69) is 20.8 Å². The Hall–Kier alpha value is -0.294. The van der Waals surface area contributed by atoms with Crippen molar-refractivity contribution in [2.45, 2.75) is 149 Å². The quantitative estimate of drug-likeness (QED) is 0.107. The van der Waals surface area contributed by atoms with Gasteiger partial charge in [0.2, 0.25) is 0 Å². The van der Waals surface area contributed by atoms with Gasteiger partial charge in [0.25, 0.3) is 0 Å². The zero-order valence-electron chi connectivity index (χ0n) is 20.3. The van der Waals surface area contributed by atoms with Crippen LogP contribution in [0.3, 0.4) is 0 Å². The van der Waals surface area contributed by atoms with Gasteiger partial charge >= 0.3 is 35.0 Å². The molecule has 0 aliphatic heterocycles. The van der Waals surface area contributed by atoms with Gasteiger partial charge in [-0.05, 0) is 44.4 Å². The zero-order valence-corrected chi connectivity index (χ0v) is 20.3. The summed E-state index contributed by atoms with van der Waals surface area (Å²) in [6, 6.07) is 0. The van der Waals surface area contributed by atoms with E-state index < -0.39 is 5.97 Å². The maximum Gasteiger partial charge on any atom is 0.316 e. The number of hydrogen-bond donors (Lipinski definition) is 1. The first kappa shape index (κ1) is 32.9. The molecule has 0 aliphatic rings. The highest BCUT2D eigenvalue weighted by Gasteiger charge is 2.14. The molecule has 0 fully saturated rings. The van der Waals surface area contributed by atoms with Crippen LogP contribution in [0, 0.1) is 5.92 Å². The molecule has 4 nitrogen and oxygen atoms in total. The highest BCUT2D eigenvalue weighted by atomic mass is 24.3. The average Bonchev–Trinajstić information content (AvgIpc) is 2.69. The second-order valence-corrected chi connectivity index (χ2v) is 9.36. The van der Waals surface area contributed by atoms with Crippen molar-refractivity contribution < 1.29 is 19.4 Å². The smallest absolute Gasteiger partial charge is 0.316 e. The first-order valence-corrected chi connectivity index (χ1v) is 12.9. The fraction of sp³-hybridized carbons (Fsp3) is 0.923. The number of unbranched alkanes of at least 4 members (excludes halogenated alkanes) is 11. The van der Waals surface area contributed by atoms with Crippen molar-refractivity contribution in [3.8, 4) is 0 Å². The van der Waals surface area contributed by atoms with Crippen molar-refractivity contribution >= 4 is 35.0 Å². The molecule has 0 saturated carbocycles. The summed E-state index contributed by atoms with van der Waals surface area (Å²) in [7, 11) is 0. The lowest BCUT2D eigenvalue weighted by atomic mass is 10.0. The van der Waals surface area contributed by atoms with E-state index in [1.54, 1.807) is 0 Å². The third kappa shape index (κ3) is 25.8. The molecule has 0 aromatic heterocycles. The minimum Gasteiger partial charge on any atom is -0.481 e.